The first kappa shape index (κ1) is 37.6. The number of ether oxygens (including phenoxy) is 2. The molecule has 2 heterocycles. The molecule has 0 spiro atoms. The van der Waals surface area contributed by atoms with E-state index in [1.165, 1.54) is 50.7 Å². The number of hydrogen-bond acceptors (Lipinski definition) is 6. The fourth-order valence-corrected chi connectivity index (χ4v) is 7.40. The standard InChI is InChI=1S/C42H58FN3O4/c1-29-35(38(40(47)48)50-41(2,3)4)37(46-26-23-42(5,6)24-27-46)36(39(45-29)44-25-10-13-30-11-8-7-9-12-30)32-16-20-34(21-17-32)49-28-22-31-14-18-33(43)19-15-31/h14-21,30,38H,7-13,22-28H2,1-6H3,(H,44,45)(H,47,48). The molecule has 5 rings (SSSR count). The smallest absolute Gasteiger partial charge is 0.337 e. The topological polar surface area (TPSA) is 83.9 Å². The van der Waals surface area contributed by atoms with Gasteiger partial charge in [-0.2, -0.15) is 0 Å². The maximum absolute atomic E-state index is 13.3. The van der Waals surface area contributed by atoms with E-state index >= 15 is 0 Å². The van der Waals surface area contributed by atoms with Gasteiger partial charge in [-0.15, -0.1) is 0 Å². The molecule has 8 heteroatoms. The number of carboxylic acids is 1. The van der Waals surface area contributed by atoms with Crippen LogP contribution in [0, 0.1) is 24.1 Å². The van der Waals surface area contributed by atoms with Gasteiger partial charge in [0.1, 0.15) is 17.4 Å². The van der Waals surface area contributed by atoms with Crippen molar-refractivity contribution in [1.82, 2.24) is 4.98 Å². The van der Waals surface area contributed by atoms with Crippen LogP contribution in [0.5, 0.6) is 5.75 Å². The first-order chi connectivity index (χ1) is 23.8. The second kappa shape index (κ2) is 16.6. The Morgan fingerprint density at radius 2 is 1.70 bits per heavy atom. The largest absolute Gasteiger partial charge is 0.493 e. The van der Waals surface area contributed by atoms with Crippen LogP contribution < -0.4 is 15.0 Å². The number of hydrogen-bond donors (Lipinski definition) is 2. The van der Waals surface area contributed by atoms with E-state index in [4.69, 9.17) is 14.5 Å². The summed E-state index contributed by atoms with van der Waals surface area (Å²) < 4.78 is 25.8. The molecule has 272 valence electrons. The summed E-state index contributed by atoms with van der Waals surface area (Å²) in [6, 6.07) is 14.5. The highest BCUT2D eigenvalue weighted by Gasteiger charge is 2.37. The number of aryl methyl sites for hydroxylation is 1. The van der Waals surface area contributed by atoms with Crippen molar-refractivity contribution in [3.8, 4) is 16.9 Å². The van der Waals surface area contributed by atoms with Crippen molar-refractivity contribution < 1.29 is 23.8 Å². The number of rotatable bonds is 14. The predicted octanol–water partition coefficient (Wildman–Crippen LogP) is 10.2. The molecule has 2 fully saturated rings. The van der Waals surface area contributed by atoms with Gasteiger partial charge in [0.25, 0.3) is 0 Å². The molecule has 1 unspecified atom stereocenters. The van der Waals surface area contributed by atoms with Crippen LogP contribution in [0.4, 0.5) is 15.9 Å². The van der Waals surface area contributed by atoms with Gasteiger partial charge < -0.3 is 24.8 Å². The van der Waals surface area contributed by atoms with Crippen molar-refractivity contribution in [2.45, 2.75) is 117 Å². The molecule has 0 bridgehead atoms. The summed E-state index contributed by atoms with van der Waals surface area (Å²) in [5.41, 5.74) is 4.57. The number of benzene rings is 2. The van der Waals surface area contributed by atoms with Gasteiger partial charge in [0.05, 0.1) is 17.9 Å². The fraction of sp³-hybridized carbons (Fsp3) is 0.571. The van der Waals surface area contributed by atoms with Gasteiger partial charge in [-0.05, 0) is 100 Å². The normalized spacial score (nSPS) is 17.4. The number of aliphatic carboxylic acids is 1. The highest BCUT2D eigenvalue weighted by molar-refractivity contribution is 5.92. The monoisotopic (exact) mass is 687 g/mol. The summed E-state index contributed by atoms with van der Waals surface area (Å²) in [6.45, 7) is 15.1. The van der Waals surface area contributed by atoms with Crippen LogP contribution in [0.25, 0.3) is 11.1 Å². The quantitative estimate of drug-likeness (QED) is 0.163. The third-order valence-corrected chi connectivity index (χ3v) is 10.3. The minimum atomic E-state index is -1.18. The number of nitrogens with zero attached hydrogens (tertiary/aromatic N) is 2. The van der Waals surface area contributed by atoms with Crippen molar-refractivity contribution in [2.75, 3.05) is 36.5 Å². The third kappa shape index (κ3) is 10.2. The summed E-state index contributed by atoms with van der Waals surface area (Å²) >= 11 is 0. The third-order valence-electron chi connectivity index (χ3n) is 10.3. The minimum absolute atomic E-state index is 0.208. The lowest BCUT2D eigenvalue weighted by atomic mass is 9.82. The molecule has 1 saturated heterocycles. The van der Waals surface area contributed by atoms with Gasteiger partial charge in [-0.25, -0.2) is 14.2 Å². The maximum Gasteiger partial charge on any atom is 0.337 e. The molecule has 3 aromatic rings. The van der Waals surface area contributed by atoms with Gasteiger partial charge in [0.15, 0.2) is 6.10 Å². The average molecular weight is 688 g/mol. The second-order valence-corrected chi connectivity index (χ2v) is 16.1. The molecular formula is C42H58FN3O4. The lowest BCUT2D eigenvalue weighted by Crippen LogP contribution is -2.39. The maximum atomic E-state index is 13.3. The lowest BCUT2D eigenvalue weighted by molar-refractivity contribution is -0.160. The van der Waals surface area contributed by atoms with E-state index in [-0.39, 0.29) is 11.2 Å². The first-order valence-electron chi connectivity index (χ1n) is 18.7. The van der Waals surface area contributed by atoms with Crippen molar-refractivity contribution in [1.29, 1.82) is 0 Å². The predicted molar refractivity (Wildman–Crippen MR) is 201 cm³/mol. The Morgan fingerprint density at radius 1 is 1.04 bits per heavy atom. The van der Waals surface area contributed by atoms with Crippen molar-refractivity contribution in [3.63, 3.8) is 0 Å². The van der Waals surface area contributed by atoms with Crippen molar-refractivity contribution in [2.24, 2.45) is 11.3 Å². The lowest BCUT2D eigenvalue weighted by Gasteiger charge is -2.41. The molecule has 7 nitrogen and oxygen atoms in total. The summed E-state index contributed by atoms with van der Waals surface area (Å²) in [4.78, 5) is 20.5. The summed E-state index contributed by atoms with van der Waals surface area (Å²) in [5, 5.41) is 14.4. The van der Waals surface area contributed by atoms with Crippen LogP contribution >= 0.6 is 0 Å². The molecule has 2 aromatic carbocycles. The van der Waals surface area contributed by atoms with E-state index < -0.39 is 17.7 Å². The number of aromatic nitrogens is 1. The summed E-state index contributed by atoms with van der Waals surface area (Å²) in [6.07, 6.45) is 10.4. The van der Waals surface area contributed by atoms with Gasteiger partial charge in [0, 0.05) is 42.9 Å². The molecule has 0 amide bonds. The van der Waals surface area contributed by atoms with Gasteiger partial charge in [-0.1, -0.05) is 70.2 Å². The number of carboxylic acid groups (broad SMARTS) is 1. The number of nitrogens with one attached hydrogen (secondary N) is 1. The highest BCUT2D eigenvalue weighted by atomic mass is 19.1. The number of piperidine rings is 1. The Kier molecular flexibility index (Phi) is 12.5. The van der Waals surface area contributed by atoms with Crippen LogP contribution in [-0.2, 0) is 16.0 Å². The van der Waals surface area contributed by atoms with Crippen LogP contribution in [-0.4, -0.2) is 47.9 Å². The number of anilines is 2. The zero-order chi connectivity index (χ0) is 35.9. The SMILES string of the molecule is Cc1nc(NCCCC2CCCCC2)c(-c2ccc(OCCc3ccc(F)cc3)cc2)c(N2CCC(C)(C)CC2)c1C(OC(C)(C)C)C(=O)O. The van der Waals surface area contributed by atoms with E-state index in [9.17, 15) is 14.3 Å². The fourth-order valence-electron chi connectivity index (χ4n) is 7.40. The van der Waals surface area contributed by atoms with E-state index in [0.717, 1.165) is 78.8 Å². The molecule has 1 aliphatic carbocycles. The zero-order valence-electron chi connectivity index (χ0n) is 31.1. The van der Waals surface area contributed by atoms with E-state index in [1.807, 2.05) is 52.0 Å². The van der Waals surface area contributed by atoms with E-state index in [0.29, 0.717) is 24.3 Å². The van der Waals surface area contributed by atoms with Gasteiger partial charge in [0.2, 0.25) is 0 Å². The minimum Gasteiger partial charge on any atom is -0.493 e. The second-order valence-electron chi connectivity index (χ2n) is 16.1. The first-order valence-corrected chi connectivity index (χ1v) is 18.7. The number of halogens is 1. The number of pyridine rings is 1. The van der Waals surface area contributed by atoms with Gasteiger partial charge in [-0.3, -0.25) is 0 Å². The Labute approximate surface area is 299 Å². The van der Waals surface area contributed by atoms with Crippen LogP contribution in [0.15, 0.2) is 48.5 Å². The molecule has 50 heavy (non-hydrogen) atoms. The van der Waals surface area contributed by atoms with Gasteiger partial charge >= 0.3 is 5.97 Å². The molecule has 2 aliphatic rings. The van der Waals surface area contributed by atoms with Crippen LogP contribution in [0.3, 0.4) is 0 Å². The average Bonchev–Trinajstić information content (AvgIpc) is 3.07. The molecule has 1 saturated carbocycles. The molecule has 2 N–H and O–H groups in total. The van der Waals surface area contributed by atoms with Crippen LogP contribution in [0.2, 0.25) is 0 Å². The Bertz CT molecular complexity index is 1550. The molecule has 1 atom stereocenters. The Hall–Kier alpha value is -3.65. The van der Waals surface area contributed by atoms with E-state index in [2.05, 4.69) is 24.1 Å². The molecule has 1 aliphatic heterocycles. The zero-order valence-corrected chi connectivity index (χ0v) is 31.1. The van der Waals surface area contributed by atoms with Crippen LogP contribution in [0.1, 0.15) is 115 Å². The number of carbonyl (C=O) groups is 1. The Balaban J connectivity index is 1.52. The Morgan fingerprint density at radius 3 is 2.32 bits per heavy atom. The molecular weight excluding hydrogens is 629 g/mol. The highest BCUT2D eigenvalue weighted by Crippen LogP contribution is 2.47. The van der Waals surface area contributed by atoms with Crippen molar-refractivity contribution >= 4 is 17.5 Å². The summed E-state index contributed by atoms with van der Waals surface area (Å²) in [7, 11) is 0. The van der Waals surface area contributed by atoms with Crippen molar-refractivity contribution in [3.05, 3.63) is 71.2 Å². The summed E-state index contributed by atoms with van der Waals surface area (Å²) in [5.74, 6) is 1.05. The molecule has 0 radical (unpaired) electrons. The molecule has 1 aromatic heterocycles. The van der Waals surface area contributed by atoms with E-state index in [1.54, 1.807) is 12.1 Å².